The van der Waals surface area contributed by atoms with Crippen LogP contribution < -0.4 is 5.32 Å². The number of thioether (sulfide) groups is 1. The second kappa shape index (κ2) is 14.0. The molecule has 0 aliphatic carbocycles. The number of hydrogen-bond acceptors (Lipinski definition) is 3. The summed E-state index contributed by atoms with van der Waals surface area (Å²) >= 11 is 1.79. The molecule has 0 unspecified atom stereocenters. The average molecular weight is 339 g/mol. The number of nitrogens with one attached hydrogen (secondary N) is 1. The van der Waals surface area contributed by atoms with E-state index in [1.54, 1.807) is 11.8 Å². The summed E-state index contributed by atoms with van der Waals surface area (Å²) in [6, 6.07) is 8.81. The molecule has 0 aliphatic rings. The van der Waals surface area contributed by atoms with Gasteiger partial charge in [-0.3, -0.25) is 0 Å². The van der Waals surface area contributed by atoms with Crippen LogP contribution in [0.25, 0.3) is 0 Å². The lowest BCUT2D eigenvalue weighted by atomic mass is 10.2. The SMILES string of the molecule is CCN(CC)CCCNCc1ccc(SC)cc1.Cl.Cl. The van der Waals surface area contributed by atoms with Gasteiger partial charge >= 0.3 is 0 Å². The van der Waals surface area contributed by atoms with Crippen molar-refractivity contribution in [3.05, 3.63) is 29.8 Å². The Balaban J connectivity index is 0. The zero-order chi connectivity index (χ0) is 13.2. The third kappa shape index (κ3) is 9.09. The van der Waals surface area contributed by atoms with Gasteiger partial charge in [-0.05, 0) is 56.6 Å². The van der Waals surface area contributed by atoms with Crippen LogP contribution in [0.5, 0.6) is 0 Å². The number of nitrogens with zero attached hydrogens (tertiary/aromatic N) is 1. The van der Waals surface area contributed by atoms with Gasteiger partial charge in [-0.15, -0.1) is 36.6 Å². The van der Waals surface area contributed by atoms with Gasteiger partial charge in [-0.2, -0.15) is 0 Å². The van der Waals surface area contributed by atoms with Gasteiger partial charge in [0.05, 0.1) is 0 Å². The van der Waals surface area contributed by atoms with E-state index >= 15 is 0 Å². The van der Waals surface area contributed by atoms with Crippen LogP contribution in [0.2, 0.25) is 0 Å². The van der Waals surface area contributed by atoms with Crippen LogP contribution in [-0.2, 0) is 6.54 Å². The predicted molar refractivity (Wildman–Crippen MR) is 96.8 cm³/mol. The van der Waals surface area contributed by atoms with Gasteiger partial charge in [0.15, 0.2) is 0 Å². The molecule has 1 aromatic carbocycles. The van der Waals surface area contributed by atoms with E-state index < -0.39 is 0 Å². The summed E-state index contributed by atoms with van der Waals surface area (Å²) in [4.78, 5) is 3.80. The van der Waals surface area contributed by atoms with Gasteiger partial charge in [-0.1, -0.05) is 26.0 Å². The quantitative estimate of drug-likeness (QED) is 0.539. The molecular formula is C15H28Cl2N2S. The lowest BCUT2D eigenvalue weighted by Gasteiger charge is -2.17. The lowest BCUT2D eigenvalue weighted by molar-refractivity contribution is 0.298. The van der Waals surface area contributed by atoms with Crippen molar-refractivity contribution < 1.29 is 0 Å². The monoisotopic (exact) mass is 338 g/mol. The molecule has 0 spiro atoms. The lowest BCUT2D eigenvalue weighted by Crippen LogP contribution is -2.27. The summed E-state index contributed by atoms with van der Waals surface area (Å²) in [6.45, 7) is 10.0. The highest BCUT2D eigenvalue weighted by Crippen LogP contribution is 2.14. The Morgan fingerprint density at radius 1 is 1.05 bits per heavy atom. The molecule has 0 aliphatic heterocycles. The minimum atomic E-state index is 0. The summed E-state index contributed by atoms with van der Waals surface area (Å²) in [6.07, 6.45) is 3.34. The van der Waals surface area contributed by atoms with Crippen molar-refractivity contribution in [2.75, 3.05) is 32.4 Å². The molecule has 0 saturated carbocycles. The van der Waals surface area contributed by atoms with E-state index in [1.165, 1.54) is 23.4 Å². The van der Waals surface area contributed by atoms with Crippen molar-refractivity contribution in [3.8, 4) is 0 Å². The molecular weight excluding hydrogens is 311 g/mol. The Labute approximate surface area is 140 Å². The molecule has 0 aromatic heterocycles. The van der Waals surface area contributed by atoms with Crippen molar-refractivity contribution in [2.24, 2.45) is 0 Å². The van der Waals surface area contributed by atoms with Crippen LogP contribution in [0.1, 0.15) is 25.8 Å². The van der Waals surface area contributed by atoms with Crippen LogP contribution >= 0.6 is 36.6 Å². The highest BCUT2D eigenvalue weighted by atomic mass is 35.5. The highest BCUT2D eigenvalue weighted by molar-refractivity contribution is 7.98. The molecule has 1 rings (SSSR count). The Morgan fingerprint density at radius 2 is 1.65 bits per heavy atom. The van der Waals surface area contributed by atoms with Crippen LogP contribution in [0.3, 0.4) is 0 Å². The summed E-state index contributed by atoms with van der Waals surface area (Å²) in [7, 11) is 0. The van der Waals surface area contributed by atoms with E-state index in [0.29, 0.717) is 0 Å². The first kappa shape index (κ1) is 22.4. The maximum absolute atomic E-state index is 3.51. The Kier molecular flexibility index (Phi) is 15.7. The standard InChI is InChI=1S/C15H26N2S.2ClH/c1-4-17(5-2)12-6-11-16-13-14-7-9-15(18-3)10-8-14;;/h7-10,16H,4-6,11-13H2,1-3H3;2*1H. The van der Waals surface area contributed by atoms with E-state index in [1.807, 2.05) is 0 Å². The molecule has 0 saturated heterocycles. The van der Waals surface area contributed by atoms with Gasteiger partial charge < -0.3 is 10.2 Å². The Bertz CT molecular complexity index is 316. The van der Waals surface area contributed by atoms with E-state index in [4.69, 9.17) is 0 Å². The van der Waals surface area contributed by atoms with E-state index in [-0.39, 0.29) is 24.8 Å². The fourth-order valence-electron chi connectivity index (χ4n) is 1.94. The maximum Gasteiger partial charge on any atom is 0.0205 e. The van der Waals surface area contributed by atoms with E-state index in [9.17, 15) is 0 Å². The summed E-state index contributed by atoms with van der Waals surface area (Å²) in [5.74, 6) is 0. The smallest absolute Gasteiger partial charge is 0.0205 e. The van der Waals surface area contributed by atoms with Crippen molar-refractivity contribution >= 4 is 36.6 Å². The van der Waals surface area contributed by atoms with Crippen LogP contribution in [0.15, 0.2) is 29.2 Å². The molecule has 2 nitrogen and oxygen atoms in total. The van der Waals surface area contributed by atoms with Gasteiger partial charge in [0, 0.05) is 11.4 Å². The third-order valence-electron chi connectivity index (χ3n) is 3.21. The predicted octanol–water partition coefficient (Wildman–Crippen LogP) is 4.07. The minimum absolute atomic E-state index is 0. The molecule has 0 heterocycles. The summed E-state index contributed by atoms with van der Waals surface area (Å²) in [5, 5.41) is 3.51. The summed E-state index contributed by atoms with van der Waals surface area (Å²) in [5.41, 5.74) is 1.37. The molecule has 1 aromatic rings. The van der Waals surface area contributed by atoms with E-state index in [0.717, 1.165) is 26.2 Å². The maximum atomic E-state index is 3.51. The number of halogens is 2. The van der Waals surface area contributed by atoms with E-state index in [2.05, 4.69) is 54.6 Å². The van der Waals surface area contributed by atoms with Crippen molar-refractivity contribution in [1.82, 2.24) is 10.2 Å². The molecule has 0 fully saturated rings. The second-order valence-electron chi connectivity index (χ2n) is 4.41. The molecule has 20 heavy (non-hydrogen) atoms. The van der Waals surface area contributed by atoms with Gasteiger partial charge in [0.25, 0.3) is 0 Å². The van der Waals surface area contributed by atoms with Crippen LogP contribution in [0, 0.1) is 0 Å². The number of rotatable bonds is 9. The highest BCUT2D eigenvalue weighted by Gasteiger charge is 1.98. The first-order valence-corrected chi connectivity index (χ1v) is 8.08. The first-order valence-electron chi connectivity index (χ1n) is 6.86. The first-order chi connectivity index (χ1) is 8.80. The van der Waals surface area contributed by atoms with Crippen molar-refractivity contribution in [1.29, 1.82) is 0 Å². The molecule has 0 bridgehead atoms. The molecule has 0 radical (unpaired) electrons. The fraction of sp³-hybridized carbons (Fsp3) is 0.600. The fourth-order valence-corrected chi connectivity index (χ4v) is 2.35. The third-order valence-corrected chi connectivity index (χ3v) is 3.95. The summed E-state index contributed by atoms with van der Waals surface area (Å²) < 4.78 is 0. The number of benzene rings is 1. The largest absolute Gasteiger partial charge is 0.313 e. The zero-order valence-corrected chi connectivity index (χ0v) is 15.2. The molecule has 1 N–H and O–H groups in total. The molecule has 0 amide bonds. The van der Waals surface area contributed by atoms with Gasteiger partial charge in [0.1, 0.15) is 0 Å². The second-order valence-corrected chi connectivity index (χ2v) is 5.28. The Morgan fingerprint density at radius 3 is 2.15 bits per heavy atom. The van der Waals surface area contributed by atoms with Crippen molar-refractivity contribution in [3.63, 3.8) is 0 Å². The van der Waals surface area contributed by atoms with Gasteiger partial charge in [0.2, 0.25) is 0 Å². The van der Waals surface area contributed by atoms with Gasteiger partial charge in [-0.25, -0.2) is 0 Å². The topological polar surface area (TPSA) is 15.3 Å². The molecule has 5 heteroatoms. The molecule has 118 valence electrons. The average Bonchev–Trinajstić information content (AvgIpc) is 2.43. The zero-order valence-electron chi connectivity index (χ0n) is 12.7. The number of hydrogen-bond donors (Lipinski definition) is 1. The Hall–Kier alpha value is 0.0700. The normalized spacial score (nSPS) is 10.0. The van der Waals surface area contributed by atoms with Crippen molar-refractivity contribution in [2.45, 2.75) is 31.7 Å². The van der Waals surface area contributed by atoms with Crippen LogP contribution in [0.4, 0.5) is 0 Å². The van der Waals surface area contributed by atoms with Crippen LogP contribution in [-0.4, -0.2) is 37.3 Å². The minimum Gasteiger partial charge on any atom is -0.313 e. The molecule has 0 atom stereocenters.